The van der Waals surface area contributed by atoms with Gasteiger partial charge in [0.25, 0.3) is 0 Å². The van der Waals surface area contributed by atoms with Crippen LogP contribution in [0, 0.1) is 5.92 Å². The lowest BCUT2D eigenvalue weighted by Crippen LogP contribution is -2.53. The Hall–Kier alpha value is -3.11. The Morgan fingerprint density at radius 1 is 0.921 bits per heavy atom. The minimum atomic E-state index is -0.446. The number of hydrogen-bond donors (Lipinski definition) is 1. The highest BCUT2D eigenvalue weighted by molar-refractivity contribution is 5.55. The van der Waals surface area contributed by atoms with Crippen molar-refractivity contribution in [2.75, 3.05) is 55.7 Å². The topological polar surface area (TPSA) is 97.1 Å². The van der Waals surface area contributed by atoms with Gasteiger partial charge in [0.1, 0.15) is 17.2 Å². The Kier molecular flexibility index (Phi) is 6.45. The zero-order chi connectivity index (χ0) is 25.4. The Morgan fingerprint density at radius 2 is 1.79 bits per heavy atom. The number of nitrogens with zero attached hydrogens (tertiary/aromatic N) is 8. The molecule has 200 valence electrons. The molecule has 1 N–H and O–H groups in total. The zero-order valence-corrected chi connectivity index (χ0v) is 22.0. The lowest BCUT2D eigenvalue weighted by atomic mass is 9.85. The van der Waals surface area contributed by atoms with Crippen LogP contribution in [0.4, 0.5) is 11.5 Å². The molecule has 0 aromatic carbocycles. The van der Waals surface area contributed by atoms with E-state index in [-0.39, 0.29) is 0 Å². The van der Waals surface area contributed by atoms with Crippen LogP contribution in [0.25, 0.3) is 11.4 Å². The van der Waals surface area contributed by atoms with Crippen molar-refractivity contribution >= 4 is 11.5 Å². The van der Waals surface area contributed by atoms with Gasteiger partial charge in [-0.1, -0.05) is 11.6 Å². The fraction of sp³-hybridized carbons (Fsp3) is 0.607. The van der Waals surface area contributed by atoms with Crippen molar-refractivity contribution in [1.29, 1.82) is 0 Å². The maximum absolute atomic E-state index is 5.69. The second-order valence-corrected chi connectivity index (χ2v) is 11.4. The van der Waals surface area contributed by atoms with Crippen LogP contribution >= 0.6 is 0 Å². The van der Waals surface area contributed by atoms with Crippen LogP contribution in [0.15, 0.2) is 36.9 Å². The van der Waals surface area contributed by atoms with Gasteiger partial charge in [-0.15, -0.1) is 5.10 Å². The highest BCUT2D eigenvalue weighted by Gasteiger charge is 2.45. The second-order valence-electron chi connectivity index (χ2n) is 11.4. The SMILES string of the molecule is c1cc(C2(n3cc(-c4cncc(N5CCCC5)n4)nn3)COC2)ncc1N1CCC[C@@H](NCC2CCC2)C1. The lowest BCUT2D eigenvalue weighted by Gasteiger charge is -2.41. The molecule has 1 atom stereocenters. The van der Waals surface area contributed by atoms with Crippen LogP contribution in [0.1, 0.15) is 50.6 Å². The van der Waals surface area contributed by atoms with E-state index in [9.17, 15) is 0 Å². The molecule has 0 radical (unpaired) electrons. The van der Waals surface area contributed by atoms with E-state index in [1.54, 1.807) is 6.20 Å². The van der Waals surface area contributed by atoms with Crippen molar-refractivity contribution < 1.29 is 4.74 Å². The summed E-state index contributed by atoms with van der Waals surface area (Å²) in [6.07, 6.45) is 16.6. The molecule has 4 aliphatic rings. The standard InChI is InChI=1S/C28H37N9O/c1-2-11-35(10-1)27-16-29-15-24(32-27)25-18-37(34-33-25)28(19-38-20-28)26-9-8-23(14-31-26)36-12-4-7-22(17-36)30-13-21-5-3-6-21/h8-9,14-16,18,21-22,30H,1-7,10-13,17,19-20H2/t22-/m1/s1. The monoisotopic (exact) mass is 515 g/mol. The van der Waals surface area contributed by atoms with Crippen LogP contribution in [0.3, 0.4) is 0 Å². The van der Waals surface area contributed by atoms with Crippen molar-refractivity contribution in [2.24, 2.45) is 5.92 Å². The minimum absolute atomic E-state index is 0.446. The number of aromatic nitrogens is 6. The molecule has 38 heavy (non-hydrogen) atoms. The van der Waals surface area contributed by atoms with E-state index in [1.165, 1.54) is 57.2 Å². The van der Waals surface area contributed by atoms with Gasteiger partial charge >= 0.3 is 0 Å². The molecular formula is C28H37N9O. The Labute approximate surface area is 223 Å². The van der Waals surface area contributed by atoms with Gasteiger partial charge in [-0.2, -0.15) is 0 Å². The quantitative estimate of drug-likeness (QED) is 0.486. The number of anilines is 2. The van der Waals surface area contributed by atoms with Gasteiger partial charge in [-0.05, 0) is 63.1 Å². The van der Waals surface area contributed by atoms with Crippen molar-refractivity contribution in [3.05, 3.63) is 42.6 Å². The average molecular weight is 516 g/mol. The van der Waals surface area contributed by atoms with Crippen molar-refractivity contribution in [2.45, 2.75) is 56.5 Å². The van der Waals surface area contributed by atoms with E-state index in [0.717, 1.165) is 55.0 Å². The van der Waals surface area contributed by atoms with Crippen LogP contribution in [-0.4, -0.2) is 81.9 Å². The molecule has 10 nitrogen and oxygen atoms in total. The highest BCUT2D eigenvalue weighted by atomic mass is 16.5. The summed E-state index contributed by atoms with van der Waals surface area (Å²) in [7, 11) is 0. The van der Waals surface area contributed by atoms with E-state index in [0.29, 0.717) is 19.3 Å². The Morgan fingerprint density at radius 3 is 2.53 bits per heavy atom. The smallest absolute Gasteiger partial charge is 0.152 e. The van der Waals surface area contributed by atoms with E-state index in [1.807, 2.05) is 23.3 Å². The average Bonchev–Trinajstić information content (AvgIpc) is 3.62. The van der Waals surface area contributed by atoms with Gasteiger partial charge in [0, 0.05) is 32.2 Å². The van der Waals surface area contributed by atoms with Gasteiger partial charge in [-0.25, -0.2) is 9.67 Å². The molecule has 3 aromatic heterocycles. The maximum atomic E-state index is 5.69. The third-order valence-electron chi connectivity index (χ3n) is 8.86. The molecule has 0 spiro atoms. The molecule has 1 saturated carbocycles. The highest BCUT2D eigenvalue weighted by Crippen LogP contribution is 2.34. The summed E-state index contributed by atoms with van der Waals surface area (Å²) >= 11 is 0. The molecule has 1 aliphatic carbocycles. The van der Waals surface area contributed by atoms with Gasteiger partial charge < -0.3 is 19.9 Å². The predicted molar refractivity (Wildman–Crippen MR) is 145 cm³/mol. The summed E-state index contributed by atoms with van der Waals surface area (Å²) in [5, 5.41) is 12.8. The van der Waals surface area contributed by atoms with E-state index in [4.69, 9.17) is 14.7 Å². The first-order chi connectivity index (χ1) is 18.8. The normalized spacial score (nSPS) is 23.3. The number of hydrogen-bond acceptors (Lipinski definition) is 9. The van der Waals surface area contributed by atoms with Gasteiger partial charge in [-0.3, -0.25) is 9.97 Å². The molecule has 7 rings (SSSR count). The molecule has 3 aromatic rings. The molecule has 10 heteroatoms. The number of rotatable bonds is 8. The van der Waals surface area contributed by atoms with Crippen LogP contribution in [0.2, 0.25) is 0 Å². The van der Waals surface area contributed by atoms with E-state index >= 15 is 0 Å². The van der Waals surface area contributed by atoms with Crippen LogP contribution < -0.4 is 15.1 Å². The summed E-state index contributed by atoms with van der Waals surface area (Å²) in [6, 6.07) is 4.91. The molecule has 3 aliphatic heterocycles. The largest absolute Gasteiger partial charge is 0.375 e. The maximum Gasteiger partial charge on any atom is 0.152 e. The number of piperidine rings is 1. The van der Waals surface area contributed by atoms with Crippen LogP contribution in [-0.2, 0) is 10.3 Å². The summed E-state index contributed by atoms with van der Waals surface area (Å²) in [5.41, 5.74) is 3.16. The number of ether oxygens (including phenoxy) is 1. The summed E-state index contributed by atoms with van der Waals surface area (Å²) in [6.45, 7) is 6.42. The summed E-state index contributed by atoms with van der Waals surface area (Å²) < 4.78 is 7.59. The molecule has 0 amide bonds. The Bertz CT molecular complexity index is 1230. The summed E-state index contributed by atoms with van der Waals surface area (Å²) in [5.74, 6) is 1.80. The second kappa shape index (κ2) is 10.2. The van der Waals surface area contributed by atoms with Gasteiger partial charge in [0.05, 0.1) is 49.4 Å². The minimum Gasteiger partial charge on any atom is -0.375 e. The predicted octanol–water partition coefficient (Wildman–Crippen LogP) is 2.86. The van der Waals surface area contributed by atoms with Crippen molar-refractivity contribution in [3.63, 3.8) is 0 Å². The number of pyridine rings is 1. The zero-order valence-electron chi connectivity index (χ0n) is 22.0. The first-order valence-electron chi connectivity index (χ1n) is 14.3. The summed E-state index contributed by atoms with van der Waals surface area (Å²) in [4.78, 5) is 18.9. The van der Waals surface area contributed by atoms with Crippen molar-refractivity contribution in [3.8, 4) is 11.4 Å². The molecular weight excluding hydrogens is 478 g/mol. The number of nitrogens with one attached hydrogen (secondary N) is 1. The molecule has 0 unspecified atom stereocenters. The first-order valence-corrected chi connectivity index (χ1v) is 14.3. The van der Waals surface area contributed by atoms with E-state index in [2.05, 4.69) is 42.5 Å². The molecule has 4 fully saturated rings. The van der Waals surface area contributed by atoms with Crippen LogP contribution in [0.5, 0.6) is 0 Å². The molecule has 3 saturated heterocycles. The van der Waals surface area contributed by atoms with Gasteiger partial charge in [0.2, 0.25) is 0 Å². The van der Waals surface area contributed by atoms with Gasteiger partial charge in [0.15, 0.2) is 5.54 Å². The molecule has 0 bridgehead atoms. The Balaban J connectivity index is 1.06. The third-order valence-corrected chi connectivity index (χ3v) is 8.86. The fourth-order valence-corrected chi connectivity index (χ4v) is 6.12. The third kappa shape index (κ3) is 4.53. The van der Waals surface area contributed by atoms with Crippen molar-refractivity contribution in [1.82, 2.24) is 35.3 Å². The van der Waals surface area contributed by atoms with E-state index < -0.39 is 5.54 Å². The lowest BCUT2D eigenvalue weighted by molar-refractivity contribution is -0.0851. The molecule has 6 heterocycles. The fourth-order valence-electron chi connectivity index (χ4n) is 6.12. The first kappa shape index (κ1) is 24.0.